The second kappa shape index (κ2) is 9.26. The fraction of sp³-hybridized carbons (Fsp3) is 0.273. The number of benzene rings is 2. The van der Waals surface area contributed by atoms with E-state index in [4.69, 9.17) is 16.3 Å². The Kier molecular flexibility index (Phi) is 6.70. The number of nitrogens with one attached hydrogen (secondary N) is 1. The second-order valence-electron chi connectivity index (χ2n) is 7.46. The van der Waals surface area contributed by atoms with E-state index in [-0.39, 0.29) is 34.2 Å². The highest BCUT2D eigenvalue weighted by molar-refractivity contribution is 6.31. The van der Waals surface area contributed by atoms with Gasteiger partial charge in [0.05, 0.1) is 16.1 Å². The van der Waals surface area contributed by atoms with Gasteiger partial charge >= 0.3 is 5.97 Å². The van der Waals surface area contributed by atoms with Crippen LogP contribution in [0.3, 0.4) is 0 Å². The lowest BCUT2D eigenvalue weighted by atomic mass is 10.0. The maximum absolute atomic E-state index is 13.2. The quantitative estimate of drug-likeness (QED) is 0.517. The molecule has 31 heavy (non-hydrogen) atoms. The van der Waals surface area contributed by atoms with Crippen molar-refractivity contribution in [3.63, 3.8) is 0 Å². The molecule has 7 nitrogen and oxygen atoms in total. The molecule has 1 atom stereocenters. The van der Waals surface area contributed by atoms with Crippen LogP contribution in [0.15, 0.2) is 42.5 Å². The summed E-state index contributed by atoms with van der Waals surface area (Å²) >= 11 is 5.67. The number of carbonyl (C=O) groups excluding carboxylic acids is 4. The molecule has 2 aromatic carbocycles. The van der Waals surface area contributed by atoms with E-state index in [1.165, 1.54) is 24.3 Å². The third-order valence-corrected chi connectivity index (χ3v) is 4.94. The minimum atomic E-state index is -1.17. The van der Waals surface area contributed by atoms with E-state index >= 15 is 0 Å². The summed E-state index contributed by atoms with van der Waals surface area (Å²) in [5.41, 5.74) is 0.673. The number of esters is 1. The summed E-state index contributed by atoms with van der Waals surface area (Å²) in [6.07, 6.45) is 0.180. The molecule has 1 heterocycles. The molecular formula is C22H20ClFN2O5. The molecule has 0 saturated carbocycles. The van der Waals surface area contributed by atoms with Crippen molar-refractivity contribution in [3.05, 3.63) is 64.4 Å². The van der Waals surface area contributed by atoms with Crippen LogP contribution in [0.4, 0.5) is 10.1 Å². The Hall–Kier alpha value is -3.26. The number of ether oxygens (including phenoxy) is 1. The maximum Gasteiger partial charge on any atom is 0.329 e. The lowest BCUT2D eigenvalue weighted by molar-refractivity contribution is -0.151. The van der Waals surface area contributed by atoms with Gasteiger partial charge in [0.25, 0.3) is 17.7 Å². The zero-order chi connectivity index (χ0) is 22.7. The zero-order valence-corrected chi connectivity index (χ0v) is 17.6. The fourth-order valence-corrected chi connectivity index (χ4v) is 3.43. The molecular weight excluding hydrogens is 427 g/mol. The van der Waals surface area contributed by atoms with Gasteiger partial charge < -0.3 is 10.1 Å². The lowest BCUT2D eigenvalue weighted by Gasteiger charge is -2.25. The van der Waals surface area contributed by atoms with Gasteiger partial charge in [0, 0.05) is 5.69 Å². The Morgan fingerprint density at radius 3 is 2.26 bits per heavy atom. The molecule has 162 valence electrons. The molecule has 1 aliphatic heterocycles. The summed E-state index contributed by atoms with van der Waals surface area (Å²) in [6.45, 7) is 3.03. The Bertz CT molecular complexity index is 1020. The van der Waals surface area contributed by atoms with E-state index in [9.17, 15) is 23.6 Å². The van der Waals surface area contributed by atoms with Crippen LogP contribution < -0.4 is 5.32 Å². The minimum Gasteiger partial charge on any atom is -0.454 e. The third kappa shape index (κ3) is 4.91. The highest BCUT2D eigenvalue weighted by Crippen LogP contribution is 2.27. The van der Waals surface area contributed by atoms with Gasteiger partial charge in [-0.25, -0.2) is 9.18 Å². The molecule has 9 heteroatoms. The number of anilines is 1. The van der Waals surface area contributed by atoms with Gasteiger partial charge in [-0.1, -0.05) is 37.6 Å². The minimum absolute atomic E-state index is 0.0305. The molecule has 0 bridgehead atoms. The number of amides is 3. The molecule has 3 rings (SSSR count). The average molecular weight is 447 g/mol. The van der Waals surface area contributed by atoms with Crippen LogP contribution in [-0.2, 0) is 14.3 Å². The number of carbonyl (C=O) groups is 4. The Morgan fingerprint density at radius 1 is 1.10 bits per heavy atom. The zero-order valence-electron chi connectivity index (χ0n) is 16.9. The summed E-state index contributed by atoms with van der Waals surface area (Å²) < 4.78 is 18.3. The van der Waals surface area contributed by atoms with Crippen LogP contribution in [0.2, 0.25) is 5.02 Å². The lowest BCUT2D eigenvalue weighted by Crippen LogP contribution is -2.46. The first-order valence-electron chi connectivity index (χ1n) is 9.57. The van der Waals surface area contributed by atoms with Crippen molar-refractivity contribution >= 4 is 41.0 Å². The van der Waals surface area contributed by atoms with Crippen molar-refractivity contribution in [1.82, 2.24) is 4.90 Å². The van der Waals surface area contributed by atoms with Gasteiger partial charge in [-0.05, 0) is 42.7 Å². The van der Waals surface area contributed by atoms with Gasteiger partial charge in [0.1, 0.15) is 11.9 Å². The van der Waals surface area contributed by atoms with Crippen molar-refractivity contribution in [1.29, 1.82) is 0 Å². The average Bonchev–Trinajstić information content (AvgIpc) is 2.98. The van der Waals surface area contributed by atoms with E-state index < -0.39 is 42.2 Å². The first kappa shape index (κ1) is 22.4. The monoisotopic (exact) mass is 446 g/mol. The van der Waals surface area contributed by atoms with E-state index in [1.54, 1.807) is 12.1 Å². The molecule has 0 aliphatic carbocycles. The number of hydrogen-bond acceptors (Lipinski definition) is 5. The Balaban J connectivity index is 1.69. The smallest absolute Gasteiger partial charge is 0.329 e. The van der Waals surface area contributed by atoms with Gasteiger partial charge in [0.15, 0.2) is 6.61 Å². The molecule has 0 saturated heterocycles. The number of imide groups is 1. The first-order valence-corrected chi connectivity index (χ1v) is 9.95. The topological polar surface area (TPSA) is 92.8 Å². The molecule has 0 radical (unpaired) electrons. The van der Waals surface area contributed by atoms with Crippen LogP contribution in [0, 0.1) is 11.7 Å². The molecule has 1 aliphatic rings. The van der Waals surface area contributed by atoms with Gasteiger partial charge in [-0.3, -0.25) is 19.3 Å². The van der Waals surface area contributed by atoms with Crippen LogP contribution >= 0.6 is 11.6 Å². The second-order valence-corrected chi connectivity index (χ2v) is 7.86. The summed E-state index contributed by atoms with van der Waals surface area (Å²) in [4.78, 5) is 51.2. The Labute approximate surface area is 183 Å². The molecule has 3 amide bonds. The van der Waals surface area contributed by atoms with Crippen molar-refractivity contribution < 1.29 is 28.3 Å². The van der Waals surface area contributed by atoms with Crippen molar-refractivity contribution in [2.45, 2.75) is 26.3 Å². The van der Waals surface area contributed by atoms with E-state index in [0.717, 1.165) is 11.0 Å². The number of nitrogens with zero attached hydrogens (tertiary/aromatic N) is 1. The fourth-order valence-electron chi connectivity index (χ4n) is 3.25. The summed E-state index contributed by atoms with van der Waals surface area (Å²) in [7, 11) is 0. The Morgan fingerprint density at radius 2 is 1.71 bits per heavy atom. The molecule has 2 aromatic rings. The normalized spacial score (nSPS) is 13.9. The van der Waals surface area contributed by atoms with Crippen molar-refractivity contribution in [2.24, 2.45) is 5.92 Å². The van der Waals surface area contributed by atoms with Gasteiger partial charge in [0.2, 0.25) is 0 Å². The largest absolute Gasteiger partial charge is 0.454 e. The summed E-state index contributed by atoms with van der Waals surface area (Å²) in [5, 5.41) is 2.26. The van der Waals surface area contributed by atoms with Crippen LogP contribution in [0.1, 0.15) is 41.0 Å². The standard InChI is InChI=1S/C22H20ClFN2O5/c1-12(2)9-18(26-20(28)14-5-3-4-6-15(14)21(26)29)22(30)31-11-19(27)25-13-7-8-17(24)16(23)10-13/h3-8,10,12,18H,9,11H2,1-2H3,(H,25,27)/t18-/m1/s1. The van der Waals surface area contributed by atoms with E-state index in [0.29, 0.717) is 0 Å². The molecule has 0 aromatic heterocycles. The maximum atomic E-state index is 13.2. The van der Waals surface area contributed by atoms with Crippen LogP contribution in [0.25, 0.3) is 0 Å². The summed E-state index contributed by atoms with van der Waals surface area (Å²) in [5.74, 6) is -3.36. The van der Waals surface area contributed by atoms with Crippen molar-refractivity contribution in [2.75, 3.05) is 11.9 Å². The van der Waals surface area contributed by atoms with E-state index in [1.807, 2.05) is 13.8 Å². The predicted molar refractivity (Wildman–Crippen MR) is 111 cm³/mol. The summed E-state index contributed by atoms with van der Waals surface area (Å²) in [6, 6.07) is 8.76. The third-order valence-electron chi connectivity index (χ3n) is 4.65. The van der Waals surface area contributed by atoms with Gasteiger partial charge in [-0.15, -0.1) is 0 Å². The van der Waals surface area contributed by atoms with Crippen molar-refractivity contribution in [3.8, 4) is 0 Å². The molecule has 0 fully saturated rings. The highest BCUT2D eigenvalue weighted by Gasteiger charge is 2.43. The predicted octanol–water partition coefficient (Wildman–Crippen LogP) is 3.67. The number of rotatable bonds is 7. The molecule has 1 N–H and O–H groups in total. The number of hydrogen-bond donors (Lipinski definition) is 1. The van der Waals surface area contributed by atoms with Crippen LogP contribution in [0.5, 0.6) is 0 Å². The SMILES string of the molecule is CC(C)C[C@H](C(=O)OCC(=O)Nc1ccc(F)c(Cl)c1)N1C(=O)c2ccccc2C1=O. The molecule has 0 unspecified atom stereocenters. The number of halogens is 2. The van der Waals surface area contributed by atoms with Gasteiger partial charge in [-0.2, -0.15) is 0 Å². The van der Waals surface area contributed by atoms with E-state index in [2.05, 4.69) is 5.32 Å². The molecule has 0 spiro atoms. The highest BCUT2D eigenvalue weighted by atomic mass is 35.5. The van der Waals surface area contributed by atoms with Crippen LogP contribution in [-0.4, -0.2) is 41.2 Å². The first-order chi connectivity index (χ1) is 14.7. The number of fused-ring (bicyclic) bond motifs is 1.